The van der Waals surface area contributed by atoms with Crippen LogP contribution in [-0.4, -0.2) is 12.5 Å². The average Bonchev–Trinajstić information content (AvgIpc) is 2.25. The van der Waals surface area contributed by atoms with E-state index in [0.29, 0.717) is 0 Å². The van der Waals surface area contributed by atoms with Crippen molar-refractivity contribution in [2.45, 2.75) is 26.7 Å². The van der Waals surface area contributed by atoms with E-state index in [9.17, 15) is 4.79 Å². The van der Waals surface area contributed by atoms with E-state index in [1.807, 2.05) is 35.3 Å². The molecule has 1 aromatic rings. The number of anilines is 1. The molecule has 0 saturated heterocycles. The lowest BCUT2D eigenvalue weighted by Crippen LogP contribution is -2.41. The van der Waals surface area contributed by atoms with E-state index in [2.05, 4.69) is 12.3 Å². The Bertz CT molecular complexity index is 298. The molecule has 82 valence electrons. The van der Waals surface area contributed by atoms with E-state index in [4.69, 9.17) is 0 Å². The number of nitrogens with one attached hydrogen (secondary N) is 1. The summed E-state index contributed by atoms with van der Waals surface area (Å²) in [5, 5.41) is 1.89. The van der Waals surface area contributed by atoms with Gasteiger partial charge in [-0.2, -0.15) is 0 Å². The lowest BCUT2D eigenvalue weighted by atomic mass is 10.3. The van der Waals surface area contributed by atoms with Crippen LogP contribution < -0.4 is 10.4 Å². The van der Waals surface area contributed by atoms with Gasteiger partial charge >= 0.3 is 0 Å². The highest BCUT2D eigenvalue weighted by atomic mass is 16.2. The first kappa shape index (κ1) is 11.6. The summed E-state index contributed by atoms with van der Waals surface area (Å²) in [5.74, 6) is -0.0324. The van der Waals surface area contributed by atoms with Gasteiger partial charge in [-0.05, 0) is 18.6 Å². The normalized spacial score (nSPS) is 9.73. The second kappa shape index (κ2) is 6.06. The van der Waals surface area contributed by atoms with Crippen LogP contribution in [0.1, 0.15) is 26.7 Å². The number of rotatable bonds is 5. The van der Waals surface area contributed by atoms with Gasteiger partial charge in [-0.3, -0.25) is 15.2 Å². The molecule has 0 bridgehead atoms. The summed E-state index contributed by atoms with van der Waals surface area (Å²) in [7, 11) is 0. The maximum atomic E-state index is 11.0. The third-order valence-corrected chi connectivity index (χ3v) is 2.10. The van der Waals surface area contributed by atoms with Gasteiger partial charge in [-0.15, -0.1) is 0 Å². The van der Waals surface area contributed by atoms with Gasteiger partial charge in [-0.25, -0.2) is 0 Å². The van der Waals surface area contributed by atoms with E-state index < -0.39 is 0 Å². The van der Waals surface area contributed by atoms with Crippen molar-refractivity contribution in [2.24, 2.45) is 0 Å². The van der Waals surface area contributed by atoms with Crippen LogP contribution in [0, 0.1) is 0 Å². The third kappa shape index (κ3) is 4.02. The molecule has 1 N–H and O–H groups in total. The minimum atomic E-state index is -0.0324. The van der Waals surface area contributed by atoms with Gasteiger partial charge in [0.25, 0.3) is 0 Å². The molecule has 1 rings (SSSR count). The van der Waals surface area contributed by atoms with Crippen LogP contribution in [-0.2, 0) is 4.79 Å². The van der Waals surface area contributed by atoms with Crippen LogP contribution in [0.4, 0.5) is 5.69 Å². The Hall–Kier alpha value is -1.51. The Kier molecular flexibility index (Phi) is 4.68. The van der Waals surface area contributed by atoms with Crippen LogP contribution in [0.25, 0.3) is 0 Å². The third-order valence-electron chi connectivity index (χ3n) is 2.10. The standard InChI is InChI=1S/C12H18N2O/c1-3-4-10-14(13-11(2)15)12-8-6-5-7-9-12/h5-9H,3-4,10H2,1-2H3,(H,13,15). The number of unbranched alkanes of at least 4 members (excludes halogenated alkanes) is 1. The predicted molar refractivity (Wildman–Crippen MR) is 62.5 cm³/mol. The summed E-state index contributed by atoms with van der Waals surface area (Å²) >= 11 is 0. The number of nitrogens with zero attached hydrogens (tertiary/aromatic N) is 1. The summed E-state index contributed by atoms with van der Waals surface area (Å²) in [4.78, 5) is 11.0. The molecule has 0 aliphatic heterocycles. The molecule has 3 nitrogen and oxygen atoms in total. The Morgan fingerprint density at radius 1 is 1.33 bits per heavy atom. The molecule has 1 aromatic carbocycles. The zero-order valence-electron chi connectivity index (χ0n) is 9.36. The van der Waals surface area contributed by atoms with Crippen molar-refractivity contribution < 1.29 is 4.79 Å². The largest absolute Gasteiger partial charge is 0.286 e. The van der Waals surface area contributed by atoms with Gasteiger partial charge in [0, 0.05) is 13.5 Å². The van der Waals surface area contributed by atoms with Gasteiger partial charge in [0.2, 0.25) is 5.91 Å². The maximum Gasteiger partial charge on any atom is 0.235 e. The molecule has 3 heteroatoms. The number of hydrogen-bond acceptors (Lipinski definition) is 2. The van der Waals surface area contributed by atoms with Gasteiger partial charge in [-0.1, -0.05) is 31.5 Å². The maximum absolute atomic E-state index is 11.0. The van der Waals surface area contributed by atoms with Crippen molar-refractivity contribution in [2.75, 3.05) is 11.6 Å². The number of hydrazine groups is 1. The molecule has 0 atom stereocenters. The van der Waals surface area contributed by atoms with E-state index in [-0.39, 0.29) is 5.91 Å². The molecule has 0 aromatic heterocycles. The SMILES string of the molecule is CCCCN(NC(C)=O)c1ccccc1. The van der Waals surface area contributed by atoms with Crippen molar-refractivity contribution in [1.29, 1.82) is 0 Å². The van der Waals surface area contributed by atoms with Crippen LogP contribution in [0.3, 0.4) is 0 Å². The van der Waals surface area contributed by atoms with E-state index in [1.54, 1.807) is 0 Å². The van der Waals surface area contributed by atoms with Gasteiger partial charge in [0.1, 0.15) is 0 Å². The zero-order chi connectivity index (χ0) is 11.1. The Morgan fingerprint density at radius 2 is 2.00 bits per heavy atom. The number of benzene rings is 1. The molecule has 0 unspecified atom stereocenters. The molecular formula is C12H18N2O. The number of carbonyl (C=O) groups is 1. The fourth-order valence-electron chi connectivity index (χ4n) is 1.36. The highest BCUT2D eigenvalue weighted by Crippen LogP contribution is 2.11. The van der Waals surface area contributed by atoms with Gasteiger partial charge < -0.3 is 0 Å². The zero-order valence-corrected chi connectivity index (χ0v) is 9.36. The van der Waals surface area contributed by atoms with Crippen LogP contribution in [0.2, 0.25) is 0 Å². The second-order valence-electron chi connectivity index (χ2n) is 3.51. The fourth-order valence-corrected chi connectivity index (χ4v) is 1.36. The number of amides is 1. The van der Waals surface area contributed by atoms with Crippen molar-refractivity contribution in [3.8, 4) is 0 Å². The van der Waals surface area contributed by atoms with Crippen LogP contribution in [0.5, 0.6) is 0 Å². The minimum absolute atomic E-state index is 0.0324. The summed E-state index contributed by atoms with van der Waals surface area (Å²) in [6.07, 6.45) is 2.18. The average molecular weight is 206 g/mol. The van der Waals surface area contributed by atoms with E-state index in [0.717, 1.165) is 25.1 Å². The van der Waals surface area contributed by atoms with Gasteiger partial charge in [0.15, 0.2) is 0 Å². The molecule has 0 aliphatic carbocycles. The predicted octanol–water partition coefficient (Wildman–Crippen LogP) is 2.34. The first-order valence-electron chi connectivity index (χ1n) is 5.34. The summed E-state index contributed by atoms with van der Waals surface area (Å²) < 4.78 is 0. The quantitative estimate of drug-likeness (QED) is 0.750. The smallest absolute Gasteiger partial charge is 0.235 e. The van der Waals surface area contributed by atoms with Gasteiger partial charge in [0.05, 0.1) is 5.69 Å². The number of carbonyl (C=O) groups excluding carboxylic acids is 1. The van der Waals surface area contributed by atoms with E-state index in [1.165, 1.54) is 6.92 Å². The topological polar surface area (TPSA) is 32.3 Å². The van der Waals surface area contributed by atoms with Crippen molar-refractivity contribution in [3.63, 3.8) is 0 Å². The summed E-state index contributed by atoms with van der Waals surface area (Å²) in [5.41, 5.74) is 3.85. The Morgan fingerprint density at radius 3 is 2.53 bits per heavy atom. The number of para-hydroxylation sites is 1. The lowest BCUT2D eigenvalue weighted by Gasteiger charge is -2.24. The molecular weight excluding hydrogens is 188 g/mol. The highest BCUT2D eigenvalue weighted by Gasteiger charge is 2.05. The van der Waals surface area contributed by atoms with Crippen molar-refractivity contribution in [1.82, 2.24) is 5.43 Å². The molecule has 0 radical (unpaired) electrons. The molecule has 0 spiro atoms. The first-order chi connectivity index (χ1) is 7.24. The van der Waals surface area contributed by atoms with E-state index >= 15 is 0 Å². The summed E-state index contributed by atoms with van der Waals surface area (Å²) in [6.45, 7) is 4.51. The number of hydrogen-bond donors (Lipinski definition) is 1. The molecule has 0 fully saturated rings. The fraction of sp³-hybridized carbons (Fsp3) is 0.417. The molecule has 15 heavy (non-hydrogen) atoms. The monoisotopic (exact) mass is 206 g/mol. The molecule has 1 amide bonds. The minimum Gasteiger partial charge on any atom is -0.286 e. The molecule has 0 heterocycles. The lowest BCUT2D eigenvalue weighted by molar-refractivity contribution is -0.119. The van der Waals surface area contributed by atoms with Crippen LogP contribution in [0.15, 0.2) is 30.3 Å². The second-order valence-corrected chi connectivity index (χ2v) is 3.51. The van der Waals surface area contributed by atoms with Crippen LogP contribution >= 0.6 is 0 Å². The summed E-state index contributed by atoms with van der Waals surface area (Å²) in [6, 6.07) is 9.89. The van der Waals surface area contributed by atoms with Crippen molar-refractivity contribution >= 4 is 11.6 Å². The van der Waals surface area contributed by atoms with Crippen molar-refractivity contribution in [3.05, 3.63) is 30.3 Å². The first-order valence-corrected chi connectivity index (χ1v) is 5.34. The Labute approximate surface area is 91.1 Å². The Balaban J connectivity index is 2.67. The molecule has 0 aliphatic rings. The highest BCUT2D eigenvalue weighted by molar-refractivity contribution is 5.75. The molecule has 0 saturated carbocycles.